The minimum Gasteiger partial charge on any atom is -0.493 e. The van der Waals surface area contributed by atoms with Crippen molar-refractivity contribution in [1.29, 1.82) is 0 Å². The third-order valence-electron chi connectivity index (χ3n) is 5.73. The molecule has 122 valence electrons. The first-order valence-electron chi connectivity index (χ1n) is 8.74. The summed E-state index contributed by atoms with van der Waals surface area (Å²) in [6, 6.07) is 3.43. The molecule has 0 N–H and O–H groups in total. The second kappa shape index (κ2) is 5.86. The van der Waals surface area contributed by atoms with Gasteiger partial charge in [0.1, 0.15) is 11.6 Å². The topological polar surface area (TPSA) is 9.23 Å². The number of halogens is 1. The van der Waals surface area contributed by atoms with Crippen LogP contribution in [0.4, 0.5) is 4.39 Å². The first-order chi connectivity index (χ1) is 10.3. The third kappa shape index (κ3) is 3.31. The summed E-state index contributed by atoms with van der Waals surface area (Å²) in [4.78, 5) is 0. The second-order valence-corrected chi connectivity index (χ2v) is 8.42. The van der Waals surface area contributed by atoms with E-state index in [9.17, 15) is 4.39 Å². The van der Waals surface area contributed by atoms with Gasteiger partial charge in [0.05, 0.1) is 6.61 Å². The molecule has 3 rings (SSSR count). The molecule has 1 nitrogen and oxygen atoms in total. The van der Waals surface area contributed by atoms with Crippen LogP contribution in [0.5, 0.6) is 5.75 Å². The van der Waals surface area contributed by atoms with Crippen molar-refractivity contribution in [3.05, 3.63) is 29.1 Å². The predicted molar refractivity (Wildman–Crippen MR) is 88.7 cm³/mol. The van der Waals surface area contributed by atoms with E-state index in [0.717, 1.165) is 29.9 Å². The molecule has 2 heteroatoms. The Morgan fingerprint density at radius 1 is 1.09 bits per heavy atom. The maximum absolute atomic E-state index is 13.8. The number of aryl methyl sites for hydroxylation is 2. The molecule has 2 saturated carbocycles. The van der Waals surface area contributed by atoms with Gasteiger partial charge in [-0.05, 0) is 80.9 Å². The van der Waals surface area contributed by atoms with E-state index >= 15 is 0 Å². The third-order valence-corrected chi connectivity index (χ3v) is 5.73. The van der Waals surface area contributed by atoms with E-state index in [1.54, 1.807) is 13.0 Å². The minimum absolute atomic E-state index is 0.167. The minimum atomic E-state index is -0.167. The van der Waals surface area contributed by atoms with Gasteiger partial charge < -0.3 is 4.74 Å². The molecule has 0 heterocycles. The molecule has 2 aliphatic carbocycles. The normalized spacial score (nSPS) is 34.5. The highest BCUT2D eigenvalue weighted by molar-refractivity contribution is 5.36. The zero-order valence-electron chi connectivity index (χ0n) is 14.4. The Kier molecular flexibility index (Phi) is 4.22. The lowest BCUT2D eigenvalue weighted by Gasteiger charge is -2.47. The van der Waals surface area contributed by atoms with Gasteiger partial charge >= 0.3 is 0 Å². The zero-order valence-corrected chi connectivity index (χ0v) is 14.4. The molecule has 0 spiro atoms. The Balaban J connectivity index is 1.67. The fourth-order valence-electron chi connectivity index (χ4n) is 5.04. The van der Waals surface area contributed by atoms with E-state index in [0.29, 0.717) is 11.3 Å². The quantitative estimate of drug-likeness (QED) is 0.698. The van der Waals surface area contributed by atoms with Crippen molar-refractivity contribution in [2.45, 2.75) is 59.8 Å². The standard InChI is InChI=1S/C20H29FO/c1-13-5-16-8-17(6-13)11-20(4,10-16)12-22-19-9-18(21)14(2)7-15(19)3/h7,9,13,16-17H,5-6,8,10-12H2,1-4H3. The molecule has 22 heavy (non-hydrogen) atoms. The molecular weight excluding hydrogens is 275 g/mol. The number of hydrogen-bond donors (Lipinski definition) is 0. The van der Waals surface area contributed by atoms with Crippen molar-refractivity contribution in [3.63, 3.8) is 0 Å². The van der Waals surface area contributed by atoms with E-state index < -0.39 is 0 Å². The van der Waals surface area contributed by atoms with E-state index in [2.05, 4.69) is 13.8 Å². The van der Waals surface area contributed by atoms with Crippen molar-refractivity contribution in [3.8, 4) is 5.75 Å². The molecular formula is C20H29FO. The fourth-order valence-corrected chi connectivity index (χ4v) is 5.04. The maximum atomic E-state index is 13.8. The summed E-state index contributed by atoms with van der Waals surface area (Å²) in [6.07, 6.45) is 6.70. The van der Waals surface area contributed by atoms with Crippen LogP contribution >= 0.6 is 0 Å². The SMILES string of the molecule is Cc1cc(C)c(OCC2(C)CC3CC(C)CC(C3)C2)cc1F. The van der Waals surface area contributed by atoms with Crippen LogP contribution in [-0.2, 0) is 0 Å². The molecule has 2 unspecified atom stereocenters. The molecule has 2 atom stereocenters. The molecule has 0 saturated heterocycles. The highest BCUT2D eigenvalue weighted by Gasteiger charge is 2.41. The summed E-state index contributed by atoms with van der Waals surface area (Å²) in [7, 11) is 0. The molecule has 0 aliphatic heterocycles. The molecule has 1 aromatic carbocycles. The fraction of sp³-hybridized carbons (Fsp3) is 0.700. The Morgan fingerprint density at radius 3 is 2.36 bits per heavy atom. The van der Waals surface area contributed by atoms with Gasteiger partial charge in [0.15, 0.2) is 0 Å². The van der Waals surface area contributed by atoms with E-state index in [1.165, 1.54) is 32.1 Å². The lowest BCUT2D eigenvalue weighted by atomic mass is 9.60. The summed E-state index contributed by atoms with van der Waals surface area (Å²) in [5.41, 5.74) is 1.98. The smallest absolute Gasteiger partial charge is 0.129 e. The van der Waals surface area contributed by atoms with Gasteiger partial charge in [-0.3, -0.25) is 0 Å². The summed E-state index contributed by atoms with van der Waals surface area (Å²) >= 11 is 0. The predicted octanol–water partition coefficient (Wildman–Crippen LogP) is 5.67. The summed E-state index contributed by atoms with van der Waals surface area (Å²) in [5, 5.41) is 0. The van der Waals surface area contributed by atoms with Crippen LogP contribution in [0.15, 0.2) is 12.1 Å². The van der Waals surface area contributed by atoms with Crippen LogP contribution in [0, 0.1) is 42.8 Å². The van der Waals surface area contributed by atoms with Crippen molar-refractivity contribution in [2.24, 2.45) is 23.2 Å². The number of ether oxygens (including phenoxy) is 1. The van der Waals surface area contributed by atoms with Crippen molar-refractivity contribution in [1.82, 2.24) is 0 Å². The summed E-state index contributed by atoms with van der Waals surface area (Å²) in [5.74, 6) is 3.18. The van der Waals surface area contributed by atoms with Crippen LogP contribution in [0.2, 0.25) is 0 Å². The van der Waals surface area contributed by atoms with E-state index in [1.807, 2.05) is 13.0 Å². The van der Waals surface area contributed by atoms with Crippen LogP contribution in [0.1, 0.15) is 57.1 Å². The van der Waals surface area contributed by atoms with Crippen molar-refractivity contribution in [2.75, 3.05) is 6.61 Å². The monoisotopic (exact) mass is 304 g/mol. The highest BCUT2D eigenvalue weighted by Crippen LogP contribution is 2.50. The first kappa shape index (κ1) is 15.8. The zero-order chi connectivity index (χ0) is 15.9. The van der Waals surface area contributed by atoms with Gasteiger partial charge in [-0.25, -0.2) is 4.39 Å². The first-order valence-corrected chi connectivity index (χ1v) is 8.74. The average molecular weight is 304 g/mol. The Morgan fingerprint density at radius 2 is 1.73 bits per heavy atom. The van der Waals surface area contributed by atoms with Crippen LogP contribution in [-0.4, -0.2) is 6.61 Å². The molecule has 1 aromatic rings. The molecule has 0 radical (unpaired) electrons. The van der Waals surface area contributed by atoms with Crippen molar-refractivity contribution >= 4 is 0 Å². The van der Waals surface area contributed by atoms with E-state index in [-0.39, 0.29) is 11.2 Å². The van der Waals surface area contributed by atoms with Gasteiger partial charge in [-0.1, -0.05) is 13.8 Å². The Labute approximate surface area is 134 Å². The Hall–Kier alpha value is -1.05. The Bertz CT molecular complexity index is 533. The second-order valence-electron chi connectivity index (χ2n) is 8.42. The molecule has 2 fully saturated rings. The van der Waals surface area contributed by atoms with Crippen LogP contribution in [0.25, 0.3) is 0 Å². The maximum Gasteiger partial charge on any atom is 0.129 e. The van der Waals surface area contributed by atoms with Gasteiger partial charge in [-0.15, -0.1) is 0 Å². The lowest BCUT2D eigenvalue weighted by Crippen LogP contribution is -2.39. The van der Waals surface area contributed by atoms with Gasteiger partial charge in [0.25, 0.3) is 0 Å². The largest absolute Gasteiger partial charge is 0.493 e. The van der Waals surface area contributed by atoms with Crippen LogP contribution in [0.3, 0.4) is 0 Å². The molecule has 2 aliphatic rings. The number of fused-ring (bicyclic) bond motifs is 2. The summed E-state index contributed by atoms with van der Waals surface area (Å²) < 4.78 is 19.8. The molecule has 2 bridgehead atoms. The molecule has 0 aromatic heterocycles. The van der Waals surface area contributed by atoms with Crippen molar-refractivity contribution < 1.29 is 9.13 Å². The van der Waals surface area contributed by atoms with Gasteiger partial charge in [0.2, 0.25) is 0 Å². The number of benzene rings is 1. The van der Waals surface area contributed by atoms with Gasteiger partial charge in [0, 0.05) is 11.5 Å². The average Bonchev–Trinajstić information content (AvgIpc) is 2.39. The van der Waals surface area contributed by atoms with Gasteiger partial charge in [-0.2, -0.15) is 0 Å². The number of hydrogen-bond acceptors (Lipinski definition) is 1. The number of rotatable bonds is 3. The molecule has 0 amide bonds. The lowest BCUT2D eigenvalue weighted by molar-refractivity contribution is 0.0144. The van der Waals surface area contributed by atoms with Crippen LogP contribution < -0.4 is 4.74 Å². The van der Waals surface area contributed by atoms with E-state index in [4.69, 9.17) is 4.74 Å². The highest BCUT2D eigenvalue weighted by atomic mass is 19.1. The summed E-state index contributed by atoms with van der Waals surface area (Å²) in [6.45, 7) is 9.29.